The lowest BCUT2D eigenvalue weighted by atomic mass is 9.85. The quantitative estimate of drug-likeness (QED) is 0.135. The summed E-state index contributed by atoms with van der Waals surface area (Å²) < 4.78 is 45.9. The van der Waals surface area contributed by atoms with Gasteiger partial charge in [-0.3, -0.25) is 29.4 Å². The number of pyridine rings is 1. The van der Waals surface area contributed by atoms with Gasteiger partial charge in [0.2, 0.25) is 23.7 Å². The fourth-order valence-electron chi connectivity index (χ4n) is 8.91. The largest absolute Gasteiger partial charge is 0.374 e. The number of benzene rings is 2. The molecule has 13 nitrogen and oxygen atoms in total. The SMILES string of the molecule is O=C1CCC(Nc2ccc(N3CCC(N4CCC(NC(=O)C5CCC(Nc6ncc(F)c(-c7cccc(-c8ccc[nH]c8=O)c7)n6)CC5)CC4)C(F)C3)c(F)c2)C(=O)N1. The smallest absolute Gasteiger partial charge is 0.255 e. The van der Waals surface area contributed by atoms with Crippen LogP contribution in [-0.4, -0.2) is 94.1 Å². The number of piperidine rings is 3. The molecule has 3 amide bonds. The molecule has 0 spiro atoms. The number of amides is 3. The standard InChI is InChI=1S/C43H48F3N9O4/c44-32-22-30(49-35-11-13-38(56)52-42(35)59)10-12-36(32)55-20-16-37(34(46)24-55)54-18-14-29(15-19-54)50-40(57)25-6-8-28(9-7-25)51-43-48-23-33(45)39(53-43)27-4-1-3-26(21-27)31-5-2-17-47-41(31)58/h1-5,10,12,17,21-23,25,28-29,34-35,37,49H,6-9,11,13-16,18-20,24H2,(H,47,58)(H,50,57)(H,48,51,53)(H,52,56,59). The van der Waals surface area contributed by atoms with E-state index in [0.717, 1.165) is 31.9 Å². The molecule has 1 saturated carbocycles. The second kappa shape index (κ2) is 17.6. The average Bonchev–Trinajstić information content (AvgIpc) is 3.23. The van der Waals surface area contributed by atoms with E-state index in [0.29, 0.717) is 79.3 Å². The van der Waals surface area contributed by atoms with Crippen molar-refractivity contribution in [3.8, 4) is 22.4 Å². The van der Waals surface area contributed by atoms with Crippen LogP contribution in [0.25, 0.3) is 22.4 Å². The van der Waals surface area contributed by atoms with Crippen LogP contribution in [0.5, 0.6) is 0 Å². The van der Waals surface area contributed by atoms with E-state index < -0.39 is 29.8 Å². The van der Waals surface area contributed by atoms with E-state index in [2.05, 4.69) is 41.1 Å². The van der Waals surface area contributed by atoms with Crippen molar-refractivity contribution in [2.45, 2.75) is 88.1 Å². The van der Waals surface area contributed by atoms with E-state index >= 15 is 8.78 Å². The second-order valence-electron chi connectivity index (χ2n) is 16.0. The van der Waals surface area contributed by atoms with E-state index in [9.17, 15) is 23.6 Å². The van der Waals surface area contributed by atoms with Gasteiger partial charge in [0.1, 0.15) is 23.7 Å². The van der Waals surface area contributed by atoms with E-state index in [1.54, 1.807) is 59.6 Å². The molecule has 4 aromatic rings. The topological polar surface area (TPSA) is 164 Å². The summed E-state index contributed by atoms with van der Waals surface area (Å²) in [5.41, 5.74) is 2.26. The van der Waals surface area contributed by atoms with Crippen LogP contribution in [0, 0.1) is 17.6 Å². The van der Waals surface area contributed by atoms with Crippen LogP contribution in [0.1, 0.15) is 57.8 Å². The number of imide groups is 1. The molecule has 3 aliphatic heterocycles. The molecule has 5 N–H and O–H groups in total. The Kier molecular flexibility index (Phi) is 11.9. The average molecular weight is 812 g/mol. The van der Waals surface area contributed by atoms with Crippen molar-refractivity contribution in [3.63, 3.8) is 0 Å². The van der Waals surface area contributed by atoms with Gasteiger partial charge in [-0.15, -0.1) is 0 Å². The monoisotopic (exact) mass is 811 g/mol. The number of halogens is 3. The third-order valence-corrected chi connectivity index (χ3v) is 12.2. The van der Waals surface area contributed by atoms with Crippen molar-refractivity contribution in [1.29, 1.82) is 0 Å². The third-order valence-electron chi connectivity index (χ3n) is 12.2. The van der Waals surface area contributed by atoms with E-state index in [-0.39, 0.29) is 60.1 Å². The fraction of sp³-hybridized carbons (Fsp3) is 0.442. The number of H-pyrrole nitrogens is 1. The number of nitrogens with zero attached hydrogens (tertiary/aromatic N) is 4. The van der Waals surface area contributed by atoms with E-state index in [1.807, 2.05) is 0 Å². The molecule has 3 saturated heterocycles. The minimum atomic E-state index is -1.18. The fourth-order valence-corrected chi connectivity index (χ4v) is 8.91. The number of hydrogen-bond donors (Lipinski definition) is 5. The molecule has 3 unspecified atom stereocenters. The van der Waals surface area contributed by atoms with Gasteiger partial charge in [-0.25, -0.2) is 23.1 Å². The Balaban J connectivity index is 0.772. The highest BCUT2D eigenvalue weighted by atomic mass is 19.1. The maximum absolute atomic E-state index is 15.7. The van der Waals surface area contributed by atoms with Crippen molar-refractivity contribution >= 4 is 35.0 Å². The van der Waals surface area contributed by atoms with Gasteiger partial charge in [0, 0.05) is 73.1 Å². The van der Waals surface area contributed by atoms with Crippen LogP contribution < -0.4 is 31.7 Å². The maximum atomic E-state index is 15.7. The number of aromatic nitrogens is 3. The summed E-state index contributed by atoms with van der Waals surface area (Å²) in [5, 5.41) is 11.8. The summed E-state index contributed by atoms with van der Waals surface area (Å²) in [4.78, 5) is 64.4. The number of rotatable bonds is 10. The lowest BCUT2D eigenvalue weighted by Gasteiger charge is -2.44. The molecular formula is C43H48F3N9O4. The number of aromatic amines is 1. The Morgan fingerprint density at radius 2 is 1.61 bits per heavy atom. The van der Waals surface area contributed by atoms with Gasteiger partial charge >= 0.3 is 0 Å². The molecular weight excluding hydrogens is 764 g/mol. The molecule has 8 rings (SSSR count). The molecule has 4 fully saturated rings. The molecule has 3 atom stereocenters. The molecule has 16 heteroatoms. The predicted molar refractivity (Wildman–Crippen MR) is 217 cm³/mol. The van der Waals surface area contributed by atoms with Crippen LogP contribution in [0.15, 0.2) is 71.8 Å². The molecule has 0 radical (unpaired) electrons. The van der Waals surface area contributed by atoms with E-state index in [1.165, 1.54) is 6.07 Å². The van der Waals surface area contributed by atoms with Crippen LogP contribution in [-0.2, 0) is 14.4 Å². The number of anilines is 3. The highest BCUT2D eigenvalue weighted by molar-refractivity contribution is 6.01. The number of nitrogens with one attached hydrogen (secondary N) is 5. The van der Waals surface area contributed by atoms with E-state index in [4.69, 9.17) is 0 Å². The molecule has 4 aliphatic rings. The molecule has 5 heterocycles. The van der Waals surface area contributed by atoms with Crippen LogP contribution in [0.2, 0.25) is 0 Å². The number of likely N-dealkylation sites (tertiary alicyclic amines) is 1. The summed E-state index contributed by atoms with van der Waals surface area (Å²) in [5.74, 6) is -1.63. The number of hydrogen-bond acceptors (Lipinski definition) is 10. The number of carbonyl (C=O) groups excluding carboxylic acids is 3. The van der Waals surface area contributed by atoms with Gasteiger partial charge in [-0.1, -0.05) is 18.2 Å². The van der Waals surface area contributed by atoms with Crippen molar-refractivity contribution < 1.29 is 27.6 Å². The molecule has 2 aromatic heterocycles. The zero-order chi connectivity index (χ0) is 41.0. The van der Waals surface area contributed by atoms with Crippen molar-refractivity contribution in [3.05, 3.63) is 89.0 Å². The van der Waals surface area contributed by atoms with Gasteiger partial charge in [0.05, 0.1) is 18.4 Å². The minimum Gasteiger partial charge on any atom is -0.374 e. The first-order valence-corrected chi connectivity index (χ1v) is 20.5. The van der Waals surface area contributed by atoms with Crippen molar-refractivity contribution in [2.24, 2.45) is 5.92 Å². The molecule has 310 valence electrons. The second-order valence-corrected chi connectivity index (χ2v) is 16.0. The lowest BCUT2D eigenvalue weighted by molar-refractivity contribution is -0.133. The van der Waals surface area contributed by atoms with Gasteiger partial charge < -0.3 is 25.8 Å². The Bertz CT molecular complexity index is 2240. The Labute approximate surface area is 339 Å². The maximum Gasteiger partial charge on any atom is 0.255 e. The highest BCUT2D eigenvalue weighted by Gasteiger charge is 2.37. The first-order chi connectivity index (χ1) is 28.6. The molecule has 1 aliphatic carbocycles. The van der Waals surface area contributed by atoms with Crippen LogP contribution in [0.4, 0.5) is 30.5 Å². The predicted octanol–water partition coefficient (Wildman–Crippen LogP) is 5.16. The summed E-state index contributed by atoms with van der Waals surface area (Å²) >= 11 is 0. The summed E-state index contributed by atoms with van der Waals surface area (Å²) in [6, 6.07) is 14.2. The summed E-state index contributed by atoms with van der Waals surface area (Å²) in [6.45, 7) is 1.89. The zero-order valence-electron chi connectivity index (χ0n) is 32.6. The summed E-state index contributed by atoms with van der Waals surface area (Å²) in [7, 11) is 0. The first kappa shape index (κ1) is 40.0. The Hall–Kier alpha value is -5.77. The minimum absolute atomic E-state index is 0.0129. The highest BCUT2D eigenvalue weighted by Crippen LogP contribution is 2.32. The van der Waals surface area contributed by atoms with Gasteiger partial charge in [0.15, 0.2) is 5.82 Å². The molecule has 2 aromatic carbocycles. The number of carbonyl (C=O) groups is 3. The van der Waals surface area contributed by atoms with Gasteiger partial charge in [0.25, 0.3) is 5.56 Å². The third kappa shape index (κ3) is 9.27. The Morgan fingerprint density at radius 1 is 0.814 bits per heavy atom. The Morgan fingerprint density at radius 3 is 2.36 bits per heavy atom. The first-order valence-electron chi connectivity index (χ1n) is 20.5. The number of alkyl halides is 1. The van der Waals surface area contributed by atoms with Gasteiger partial charge in [-0.2, -0.15) is 0 Å². The van der Waals surface area contributed by atoms with Gasteiger partial charge in [-0.05, 0) is 93.3 Å². The summed E-state index contributed by atoms with van der Waals surface area (Å²) in [6.07, 6.45) is 6.87. The van der Waals surface area contributed by atoms with Crippen LogP contribution in [0.3, 0.4) is 0 Å². The molecule has 0 bridgehead atoms. The zero-order valence-corrected chi connectivity index (χ0v) is 32.6. The van der Waals surface area contributed by atoms with Crippen molar-refractivity contribution in [1.82, 2.24) is 30.5 Å². The van der Waals surface area contributed by atoms with Crippen LogP contribution >= 0.6 is 0 Å². The lowest BCUT2D eigenvalue weighted by Crippen LogP contribution is -2.56. The normalized spacial score (nSPS) is 24.3. The van der Waals surface area contributed by atoms with Crippen molar-refractivity contribution in [2.75, 3.05) is 41.7 Å². The molecule has 59 heavy (non-hydrogen) atoms.